The van der Waals surface area contributed by atoms with Gasteiger partial charge < -0.3 is 10.6 Å². The maximum absolute atomic E-state index is 12.7. The average molecular weight is 690 g/mol. The molecule has 1 aliphatic heterocycles. The third-order valence-corrected chi connectivity index (χ3v) is 11.9. The van der Waals surface area contributed by atoms with Gasteiger partial charge in [-0.1, -0.05) is 73.1 Å². The van der Waals surface area contributed by atoms with Gasteiger partial charge in [0.05, 0.1) is 9.85 Å². The summed E-state index contributed by atoms with van der Waals surface area (Å²) < 4.78 is 28.6. The second kappa shape index (κ2) is 15.4. The maximum Gasteiger partial charge on any atom is 0.242 e. The van der Waals surface area contributed by atoms with Crippen LogP contribution in [-0.4, -0.2) is 55.5 Å². The molecule has 0 bridgehead atoms. The number of hydrogen-bond acceptors (Lipinski definition) is 8. The number of piperidine rings is 1. The smallest absolute Gasteiger partial charge is 0.242 e. The Morgan fingerprint density at radius 2 is 1.53 bits per heavy atom. The van der Waals surface area contributed by atoms with Crippen LogP contribution in [0.5, 0.6) is 0 Å². The molecule has 2 aromatic heterocycles. The summed E-state index contributed by atoms with van der Waals surface area (Å²) in [6, 6.07) is 20.6. The Morgan fingerprint density at radius 3 is 2.22 bits per heavy atom. The predicted octanol–water partition coefficient (Wildman–Crippen LogP) is 7.91. The number of benzene rings is 2. The van der Waals surface area contributed by atoms with Crippen LogP contribution in [0.25, 0.3) is 10.9 Å². The second-order valence-corrected chi connectivity index (χ2v) is 15.9. The molecule has 3 N–H and O–H groups in total. The molecule has 3 heterocycles. The summed E-state index contributed by atoms with van der Waals surface area (Å²) in [5.41, 5.74) is 2.29. The molecule has 0 unspecified atom stereocenters. The van der Waals surface area contributed by atoms with Crippen LogP contribution in [0.2, 0.25) is 8.67 Å². The lowest BCUT2D eigenvalue weighted by Crippen LogP contribution is -2.38. The summed E-state index contributed by atoms with van der Waals surface area (Å²) in [5.74, 6) is 2.31. The summed E-state index contributed by atoms with van der Waals surface area (Å²) in [4.78, 5) is 12.3. The number of nitrogens with zero attached hydrogens (tertiary/aromatic N) is 3. The molecule has 1 aliphatic carbocycles. The van der Waals surface area contributed by atoms with E-state index >= 15 is 0 Å². The number of nitrogens with one attached hydrogen (secondary N) is 3. The monoisotopic (exact) mass is 688 g/mol. The third-order valence-electron chi connectivity index (χ3n) is 8.77. The van der Waals surface area contributed by atoms with Gasteiger partial charge in [-0.2, -0.15) is 4.98 Å². The fraction of sp³-hybridized carbons (Fsp3) is 0.455. The zero-order valence-electron chi connectivity index (χ0n) is 24.5. The van der Waals surface area contributed by atoms with E-state index in [0.29, 0.717) is 34.7 Å². The van der Waals surface area contributed by atoms with Crippen molar-refractivity contribution in [2.24, 2.45) is 11.8 Å². The Labute approximate surface area is 281 Å². The van der Waals surface area contributed by atoms with E-state index in [1.54, 1.807) is 0 Å². The summed E-state index contributed by atoms with van der Waals surface area (Å²) in [6.07, 6.45) is 6.10. The van der Waals surface area contributed by atoms with Gasteiger partial charge >= 0.3 is 0 Å². The largest absolute Gasteiger partial charge is 0.367 e. The SMILES string of the molecule is C.O=S(=O)(NCC1CCC(CNc2nc(NC3CCN(Cc4ccccc4)CC3)c3ccccc3n2)CC1)c1cc(Cl)sc1Cl. The Balaban J connectivity index is 0.00000400. The van der Waals surface area contributed by atoms with Crippen molar-refractivity contribution < 1.29 is 8.42 Å². The third kappa shape index (κ3) is 8.87. The molecule has 45 heavy (non-hydrogen) atoms. The lowest BCUT2D eigenvalue weighted by atomic mass is 9.82. The first-order valence-corrected chi connectivity index (χ1v) is 18.4. The Morgan fingerprint density at radius 1 is 0.867 bits per heavy atom. The van der Waals surface area contributed by atoms with Crippen LogP contribution < -0.4 is 15.4 Å². The molecule has 0 amide bonds. The number of para-hydroxylation sites is 1. The first kappa shape index (κ1) is 33.9. The van der Waals surface area contributed by atoms with Crippen LogP contribution in [0, 0.1) is 11.8 Å². The fourth-order valence-electron chi connectivity index (χ4n) is 6.23. The number of sulfonamides is 1. The molecule has 0 atom stereocenters. The maximum atomic E-state index is 12.7. The highest BCUT2D eigenvalue weighted by Crippen LogP contribution is 2.35. The summed E-state index contributed by atoms with van der Waals surface area (Å²) in [5, 5.41) is 8.30. The van der Waals surface area contributed by atoms with E-state index in [1.807, 2.05) is 18.2 Å². The highest BCUT2D eigenvalue weighted by molar-refractivity contribution is 7.89. The number of rotatable bonds is 11. The van der Waals surface area contributed by atoms with Gasteiger partial charge in [-0.3, -0.25) is 4.90 Å². The zero-order valence-corrected chi connectivity index (χ0v) is 27.7. The van der Waals surface area contributed by atoms with Crippen molar-refractivity contribution in [2.75, 3.05) is 36.8 Å². The highest BCUT2D eigenvalue weighted by Gasteiger charge is 2.26. The summed E-state index contributed by atoms with van der Waals surface area (Å²) in [7, 11) is -3.67. The standard InChI is InChI=1S/C32H38Cl2N6O2S2.CH4/c33-29-18-28(30(34)43-29)44(41,42)36-20-23-12-10-22(11-13-23)19-35-32-38-27-9-5-4-8-26(27)31(39-32)37-25-14-16-40(17-15-25)21-24-6-2-1-3-7-24;/h1-9,18,22-23,25,36H,10-17,19-21H2,(H2,35,37,38,39);1H4. The Kier molecular flexibility index (Phi) is 11.6. The van der Waals surface area contributed by atoms with Crippen molar-refractivity contribution in [3.8, 4) is 0 Å². The van der Waals surface area contributed by atoms with Crippen LogP contribution >= 0.6 is 34.5 Å². The lowest BCUT2D eigenvalue weighted by Gasteiger charge is -2.33. The molecule has 242 valence electrons. The lowest BCUT2D eigenvalue weighted by molar-refractivity contribution is 0.211. The Bertz CT molecular complexity index is 1650. The summed E-state index contributed by atoms with van der Waals surface area (Å²) >= 11 is 13.1. The molecule has 1 saturated carbocycles. The molecular formula is C33H42Cl2N6O2S2. The van der Waals surface area contributed by atoms with Crippen molar-refractivity contribution in [1.82, 2.24) is 19.6 Å². The topological polar surface area (TPSA) is 99.2 Å². The number of aromatic nitrogens is 2. The average Bonchev–Trinajstić information content (AvgIpc) is 3.39. The molecule has 0 spiro atoms. The van der Waals surface area contributed by atoms with Crippen LogP contribution in [0.3, 0.4) is 0 Å². The van der Waals surface area contributed by atoms with E-state index < -0.39 is 10.0 Å². The first-order valence-electron chi connectivity index (χ1n) is 15.3. The van der Waals surface area contributed by atoms with Crippen molar-refractivity contribution in [1.29, 1.82) is 0 Å². The normalized spacial score (nSPS) is 19.7. The van der Waals surface area contributed by atoms with Gasteiger partial charge in [0, 0.05) is 44.2 Å². The molecule has 2 fully saturated rings. The van der Waals surface area contributed by atoms with Crippen LogP contribution in [0.15, 0.2) is 65.6 Å². The van der Waals surface area contributed by atoms with Gasteiger partial charge in [0.2, 0.25) is 16.0 Å². The molecule has 6 rings (SSSR count). The van der Waals surface area contributed by atoms with Crippen molar-refractivity contribution in [2.45, 2.75) is 63.4 Å². The number of fused-ring (bicyclic) bond motifs is 1. The second-order valence-electron chi connectivity index (χ2n) is 11.9. The van der Waals surface area contributed by atoms with Crippen LogP contribution in [0.4, 0.5) is 11.8 Å². The fourth-order valence-corrected chi connectivity index (χ4v) is 9.49. The molecule has 2 aromatic carbocycles. The van der Waals surface area contributed by atoms with Crippen LogP contribution in [-0.2, 0) is 16.6 Å². The molecule has 2 aliphatic rings. The van der Waals surface area contributed by atoms with E-state index in [4.69, 9.17) is 33.2 Å². The molecule has 12 heteroatoms. The van der Waals surface area contributed by atoms with Crippen LogP contribution in [0.1, 0.15) is 51.5 Å². The van der Waals surface area contributed by atoms with Gasteiger partial charge in [-0.25, -0.2) is 18.1 Å². The Hall–Kier alpha value is -2.47. The molecular weight excluding hydrogens is 647 g/mol. The summed E-state index contributed by atoms with van der Waals surface area (Å²) in [6.45, 7) is 4.30. The molecule has 8 nitrogen and oxygen atoms in total. The minimum Gasteiger partial charge on any atom is -0.367 e. The number of hydrogen-bond donors (Lipinski definition) is 3. The van der Waals surface area contributed by atoms with E-state index in [-0.39, 0.29) is 16.7 Å². The van der Waals surface area contributed by atoms with Gasteiger partial charge in [0.25, 0.3) is 0 Å². The number of likely N-dealkylation sites (tertiary alicyclic amines) is 1. The molecule has 1 saturated heterocycles. The van der Waals surface area contributed by atoms with E-state index in [1.165, 1.54) is 11.6 Å². The number of thiophene rings is 1. The molecule has 4 aromatic rings. The van der Waals surface area contributed by atoms with Gasteiger partial charge in [0.15, 0.2) is 0 Å². The quantitative estimate of drug-likeness (QED) is 0.147. The van der Waals surface area contributed by atoms with E-state index in [0.717, 1.165) is 92.8 Å². The number of halogens is 2. The predicted molar refractivity (Wildman–Crippen MR) is 188 cm³/mol. The van der Waals surface area contributed by atoms with Gasteiger partial charge in [0.1, 0.15) is 15.0 Å². The van der Waals surface area contributed by atoms with E-state index in [9.17, 15) is 8.42 Å². The molecule has 0 radical (unpaired) electrons. The number of anilines is 2. The van der Waals surface area contributed by atoms with Gasteiger partial charge in [-0.15, -0.1) is 11.3 Å². The van der Waals surface area contributed by atoms with E-state index in [2.05, 4.69) is 56.7 Å². The first-order chi connectivity index (χ1) is 21.3. The minimum absolute atomic E-state index is 0. The van der Waals surface area contributed by atoms with Crippen molar-refractivity contribution in [3.63, 3.8) is 0 Å². The van der Waals surface area contributed by atoms with Gasteiger partial charge in [-0.05, 0) is 74.1 Å². The van der Waals surface area contributed by atoms with Crippen molar-refractivity contribution in [3.05, 3.63) is 74.9 Å². The highest BCUT2D eigenvalue weighted by atomic mass is 35.5. The zero-order chi connectivity index (χ0) is 30.5. The van der Waals surface area contributed by atoms with Crippen molar-refractivity contribution >= 4 is 67.2 Å². The minimum atomic E-state index is -3.67.